The summed E-state index contributed by atoms with van der Waals surface area (Å²) in [6, 6.07) is 2.00. The molecule has 0 saturated carbocycles. The number of rotatable bonds is 4. The number of benzene rings is 1. The Labute approximate surface area is 84.6 Å². The molecule has 1 rings (SSSR count). The molecule has 0 aliphatic heterocycles. The lowest BCUT2D eigenvalue weighted by molar-refractivity contribution is -0.436. The van der Waals surface area contributed by atoms with E-state index in [1.54, 1.807) is 0 Å². The van der Waals surface area contributed by atoms with Gasteiger partial charge in [0.1, 0.15) is 0 Å². The molecule has 0 unspecified atom stereocenters. The van der Waals surface area contributed by atoms with Gasteiger partial charge in [-0.3, -0.25) is 10.1 Å². The highest BCUT2D eigenvalue weighted by Gasteiger charge is 2.12. The van der Waals surface area contributed by atoms with Crippen molar-refractivity contribution in [3.63, 3.8) is 0 Å². The molecule has 0 aliphatic rings. The van der Waals surface area contributed by atoms with Crippen LogP contribution in [0.25, 0.3) is 0 Å². The average Bonchev–Trinajstić information content (AvgIpc) is 2.14. The minimum absolute atomic E-state index is 0.134. The molecule has 0 atom stereocenters. The van der Waals surface area contributed by atoms with Gasteiger partial charge in [0.2, 0.25) is 0 Å². The number of nitrogens with zero attached hydrogens (tertiary/aromatic N) is 1. The first-order valence-corrected chi connectivity index (χ1v) is 4.03. The van der Waals surface area contributed by atoms with Crippen molar-refractivity contribution in [2.45, 2.75) is 6.42 Å². The van der Waals surface area contributed by atoms with Gasteiger partial charge >= 0.3 is 0 Å². The fourth-order valence-corrected chi connectivity index (χ4v) is 1.11. The Balaban J connectivity index is 2.88. The van der Waals surface area contributed by atoms with E-state index in [2.05, 4.69) is 4.74 Å². The Morgan fingerprint density at radius 2 is 2.00 bits per heavy atom. The van der Waals surface area contributed by atoms with Crippen molar-refractivity contribution in [3.05, 3.63) is 46.0 Å². The van der Waals surface area contributed by atoms with Crippen molar-refractivity contribution in [1.29, 1.82) is 0 Å². The molecule has 6 heteroatoms. The molecule has 0 spiro atoms. The number of hydrogen-bond acceptors (Lipinski definition) is 3. The van der Waals surface area contributed by atoms with E-state index in [1.165, 1.54) is 0 Å². The van der Waals surface area contributed by atoms with Gasteiger partial charge in [-0.2, -0.15) is 0 Å². The van der Waals surface area contributed by atoms with Crippen LogP contribution in [0.3, 0.4) is 0 Å². The Bertz CT molecular complexity index is 359. The highest BCUT2D eigenvalue weighted by Crippen LogP contribution is 2.23. The van der Waals surface area contributed by atoms with E-state index in [1.807, 2.05) is 0 Å². The first-order valence-electron chi connectivity index (χ1n) is 4.03. The minimum Gasteiger partial charge on any atom is -0.491 e. The molecule has 0 amide bonds. The predicted molar refractivity (Wildman–Crippen MR) is 47.9 cm³/mol. The summed E-state index contributed by atoms with van der Waals surface area (Å²) in [6.07, 6.45) is -0.134. The molecule has 1 aromatic carbocycles. The van der Waals surface area contributed by atoms with Crippen molar-refractivity contribution in [1.82, 2.24) is 0 Å². The first kappa shape index (κ1) is 11.4. The molecule has 0 bridgehead atoms. The lowest BCUT2D eigenvalue weighted by Gasteiger charge is -2.05. The lowest BCUT2D eigenvalue weighted by Crippen LogP contribution is -2.00. The number of nitro groups is 1. The summed E-state index contributed by atoms with van der Waals surface area (Å²) >= 11 is 0. The molecular weight excluding hydrogens is 208 g/mol. The molecule has 0 fully saturated rings. The van der Waals surface area contributed by atoms with Crippen molar-refractivity contribution in [3.8, 4) is 5.75 Å². The van der Waals surface area contributed by atoms with Gasteiger partial charge in [0, 0.05) is 11.3 Å². The van der Waals surface area contributed by atoms with Gasteiger partial charge in [0.05, 0.1) is 7.11 Å². The zero-order chi connectivity index (χ0) is 11.4. The fourth-order valence-electron chi connectivity index (χ4n) is 1.11. The van der Waals surface area contributed by atoms with Crippen LogP contribution in [0.2, 0.25) is 0 Å². The van der Waals surface area contributed by atoms with Gasteiger partial charge in [-0.15, -0.1) is 0 Å². The summed E-state index contributed by atoms with van der Waals surface area (Å²) in [5.74, 6) is -2.23. The molecule has 1 aromatic rings. The van der Waals surface area contributed by atoms with Crippen LogP contribution in [-0.2, 0) is 6.42 Å². The zero-order valence-corrected chi connectivity index (χ0v) is 7.87. The van der Waals surface area contributed by atoms with Crippen LogP contribution in [0.4, 0.5) is 8.78 Å². The molecule has 0 aliphatic carbocycles. The second-order valence-electron chi connectivity index (χ2n) is 2.76. The summed E-state index contributed by atoms with van der Waals surface area (Å²) in [4.78, 5) is 9.34. The van der Waals surface area contributed by atoms with Crippen molar-refractivity contribution in [2.24, 2.45) is 0 Å². The Kier molecular flexibility index (Phi) is 3.54. The topological polar surface area (TPSA) is 52.4 Å². The quantitative estimate of drug-likeness (QED) is 0.571. The third-order valence-corrected chi connectivity index (χ3v) is 1.74. The average molecular weight is 216 g/mol. The maximum atomic E-state index is 13.1. The molecule has 0 heterocycles. The van der Waals surface area contributed by atoms with Crippen LogP contribution in [0.1, 0.15) is 5.56 Å². The van der Waals surface area contributed by atoms with Gasteiger partial charge in [-0.25, -0.2) is 8.78 Å². The normalized spacial score (nSPS) is 10.1. The van der Waals surface area contributed by atoms with Crippen LogP contribution in [0.5, 0.6) is 5.75 Å². The Morgan fingerprint density at radius 1 is 1.47 bits per heavy atom. The molecule has 0 N–H and O–H groups in total. The van der Waals surface area contributed by atoms with Crippen LogP contribution in [0.15, 0.2) is 12.1 Å². The summed E-state index contributed by atoms with van der Waals surface area (Å²) < 4.78 is 30.6. The van der Waals surface area contributed by atoms with Crippen LogP contribution >= 0.6 is 0 Å². The van der Waals surface area contributed by atoms with E-state index in [0.29, 0.717) is 0 Å². The van der Waals surface area contributed by atoms with Gasteiger partial charge in [-0.1, -0.05) is 0 Å². The highest BCUT2D eigenvalue weighted by molar-refractivity contribution is 5.31. The number of hydrogen-bond donors (Lipinski definition) is 0. The molecule has 0 aromatic heterocycles. The van der Waals surface area contributed by atoms with E-state index in [-0.39, 0.29) is 12.0 Å². The largest absolute Gasteiger partial charge is 0.491 e. The standard InChI is InChI=1S/C9H8F2NO3/c1-15-9-7(10)4-6(5-8(9)11)2-3-12(13)14/h3-5H,2H2,1H3. The minimum atomic E-state index is -0.871. The summed E-state index contributed by atoms with van der Waals surface area (Å²) in [5.41, 5.74) is 0.183. The lowest BCUT2D eigenvalue weighted by atomic mass is 10.1. The van der Waals surface area contributed by atoms with Crippen LogP contribution in [0, 0.1) is 28.3 Å². The van der Waals surface area contributed by atoms with Gasteiger partial charge in [0.15, 0.2) is 17.4 Å². The Hall–Kier alpha value is -1.72. The maximum Gasteiger partial charge on any atom is 0.283 e. The van der Waals surface area contributed by atoms with Gasteiger partial charge in [0.25, 0.3) is 6.54 Å². The second-order valence-corrected chi connectivity index (χ2v) is 2.76. The SMILES string of the molecule is COc1c(F)cc(C[CH][N+](=O)[O-])cc1F. The highest BCUT2D eigenvalue weighted by atomic mass is 19.1. The molecule has 81 valence electrons. The van der Waals surface area contributed by atoms with Gasteiger partial charge < -0.3 is 4.74 Å². The number of methoxy groups -OCH3 is 1. The summed E-state index contributed by atoms with van der Waals surface area (Å²) in [7, 11) is 1.14. The summed E-state index contributed by atoms with van der Waals surface area (Å²) in [5, 5.41) is 10.0. The monoisotopic (exact) mass is 216 g/mol. The molecule has 15 heavy (non-hydrogen) atoms. The fraction of sp³-hybridized carbons (Fsp3) is 0.222. The van der Waals surface area contributed by atoms with Crippen LogP contribution in [-0.4, -0.2) is 12.0 Å². The first-order chi connectivity index (χ1) is 7.04. The smallest absolute Gasteiger partial charge is 0.283 e. The second kappa shape index (κ2) is 4.68. The predicted octanol–water partition coefficient (Wildman–Crippen LogP) is 1.95. The maximum absolute atomic E-state index is 13.1. The number of ether oxygens (including phenoxy) is 1. The third kappa shape index (κ3) is 2.87. The van der Waals surface area contributed by atoms with E-state index >= 15 is 0 Å². The van der Waals surface area contributed by atoms with Crippen molar-refractivity contribution >= 4 is 0 Å². The third-order valence-electron chi connectivity index (χ3n) is 1.74. The van der Waals surface area contributed by atoms with E-state index in [9.17, 15) is 18.9 Å². The van der Waals surface area contributed by atoms with Crippen molar-refractivity contribution in [2.75, 3.05) is 7.11 Å². The molecule has 4 nitrogen and oxygen atoms in total. The summed E-state index contributed by atoms with van der Waals surface area (Å²) in [6.45, 7) is 0.723. The molecular formula is C9H8F2NO3. The molecule has 0 saturated heterocycles. The van der Waals surface area contributed by atoms with Gasteiger partial charge in [-0.05, 0) is 17.7 Å². The van der Waals surface area contributed by atoms with E-state index < -0.39 is 22.3 Å². The Morgan fingerprint density at radius 3 is 2.40 bits per heavy atom. The zero-order valence-electron chi connectivity index (χ0n) is 7.87. The number of halogens is 2. The van der Waals surface area contributed by atoms with Crippen LogP contribution < -0.4 is 4.74 Å². The van der Waals surface area contributed by atoms with E-state index in [0.717, 1.165) is 25.8 Å². The molecule has 1 radical (unpaired) electrons. The van der Waals surface area contributed by atoms with Crippen molar-refractivity contribution < 1.29 is 18.4 Å². The van der Waals surface area contributed by atoms with E-state index in [4.69, 9.17) is 0 Å².